The number of rotatable bonds is 2. The molecule has 0 aliphatic heterocycles. The maximum Gasteiger partial charge on any atom is 0.417 e. The van der Waals surface area contributed by atoms with Gasteiger partial charge in [0.2, 0.25) is 0 Å². The molecule has 0 spiro atoms. The van der Waals surface area contributed by atoms with Gasteiger partial charge in [-0.15, -0.1) is 11.8 Å². The lowest BCUT2D eigenvalue weighted by molar-refractivity contribution is -0.385. The Morgan fingerprint density at radius 1 is 1.44 bits per heavy atom. The van der Waals surface area contributed by atoms with Gasteiger partial charge in [-0.3, -0.25) is 10.1 Å². The maximum atomic E-state index is 12.6. The summed E-state index contributed by atoms with van der Waals surface area (Å²) in [6, 6.07) is 1.59. The molecule has 0 N–H and O–H groups in total. The molecule has 0 unspecified atom stereocenters. The first kappa shape index (κ1) is 13.3. The van der Waals surface area contributed by atoms with E-state index in [0.29, 0.717) is 6.07 Å². The Labute approximate surface area is 101 Å². The Kier molecular flexibility index (Phi) is 3.84. The molecule has 0 aliphatic rings. The summed E-state index contributed by atoms with van der Waals surface area (Å²) in [7, 11) is 0. The second kappa shape index (κ2) is 4.62. The van der Waals surface area contributed by atoms with Crippen LogP contribution in [0.25, 0.3) is 0 Å². The number of hydrogen-bond donors (Lipinski definition) is 0. The van der Waals surface area contributed by atoms with Crippen LogP contribution in [0, 0.1) is 10.1 Å². The van der Waals surface area contributed by atoms with E-state index in [-0.39, 0.29) is 9.37 Å². The van der Waals surface area contributed by atoms with Crippen LogP contribution in [-0.2, 0) is 6.18 Å². The van der Waals surface area contributed by atoms with Gasteiger partial charge in [-0.2, -0.15) is 13.2 Å². The minimum absolute atomic E-state index is 0.0573. The van der Waals surface area contributed by atoms with E-state index in [4.69, 9.17) is 0 Å². The number of alkyl halides is 3. The number of thioether (sulfide) groups is 1. The predicted molar refractivity (Wildman–Crippen MR) is 57.6 cm³/mol. The molecular weight excluding hydrogens is 311 g/mol. The highest BCUT2D eigenvalue weighted by Crippen LogP contribution is 2.42. The van der Waals surface area contributed by atoms with E-state index in [9.17, 15) is 23.3 Å². The van der Waals surface area contributed by atoms with Crippen LogP contribution in [0.3, 0.4) is 0 Å². The lowest BCUT2D eigenvalue weighted by Crippen LogP contribution is -2.08. The smallest absolute Gasteiger partial charge is 0.258 e. The molecule has 1 rings (SSSR count). The molecule has 1 aromatic rings. The van der Waals surface area contributed by atoms with E-state index in [1.165, 1.54) is 6.26 Å². The van der Waals surface area contributed by atoms with Crippen LogP contribution in [0.4, 0.5) is 18.9 Å². The van der Waals surface area contributed by atoms with Crippen LogP contribution >= 0.6 is 27.7 Å². The highest BCUT2D eigenvalue weighted by molar-refractivity contribution is 9.10. The van der Waals surface area contributed by atoms with Gasteiger partial charge >= 0.3 is 6.18 Å². The molecule has 0 aromatic heterocycles. The fourth-order valence-electron chi connectivity index (χ4n) is 1.10. The average Bonchev–Trinajstić information content (AvgIpc) is 2.14. The van der Waals surface area contributed by atoms with Gasteiger partial charge < -0.3 is 0 Å². The molecule has 0 radical (unpaired) electrons. The highest BCUT2D eigenvalue weighted by Gasteiger charge is 2.36. The normalized spacial score (nSPS) is 11.6. The fraction of sp³-hybridized carbons (Fsp3) is 0.250. The first-order valence-electron chi connectivity index (χ1n) is 3.86. The molecule has 0 saturated heterocycles. The summed E-state index contributed by atoms with van der Waals surface area (Å²) in [6.45, 7) is 0. The quantitative estimate of drug-likeness (QED) is 0.469. The van der Waals surface area contributed by atoms with E-state index < -0.39 is 22.4 Å². The van der Waals surface area contributed by atoms with Crippen LogP contribution < -0.4 is 0 Å². The largest absolute Gasteiger partial charge is 0.417 e. The maximum absolute atomic E-state index is 12.6. The third kappa shape index (κ3) is 2.67. The van der Waals surface area contributed by atoms with Crippen molar-refractivity contribution >= 4 is 33.4 Å². The van der Waals surface area contributed by atoms with E-state index >= 15 is 0 Å². The summed E-state index contributed by atoms with van der Waals surface area (Å²) in [6.07, 6.45) is -3.13. The molecule has 8 heteroatoms. The van der Waals surface area contributed by atoms with Crippen molar-refractivity contribution in [2.75, 3.05) is 6.26 Å². The van der Waals surface area contributed by atoms with E-state index in [0.717, 1.165) is 17.8 Å². The molecule has 1 aromatic carbocycles. The van der Waals surface area contributed by atoms with Crippen molar-refractivity contribution in [1.29, 1.82) is 0 Å². The topological polar surface area (TPSA) is 43.1 Å². The van der Waals surface area contributed by atoms with E-state index in [2.05, 4.69) is 15.9 Å². The molecule has 88 valence electrons. The van der Waals surface area contributed by atoms with Gasteiger partial charge in [-0.25, -0.2) is 0 Å². The third-order valence-corrected chi connectivity index (χ3v) is 3.48. The minimum atomic E-state index is -4.60. The highest BCUT2D eigenvalue weighted by atomic mass is 79.9. The number of nitro groups is 1. The average molecular weight is 316 g/mol. The monoisotopic (exact) mass is 315 g/mol. The number of halogens is 4. The lowest BCUT2D eigenvalue weighted by Gasteiger charge is -2.12. The third-order valence-electron chi connectivity index (χ3n) is 1.75. The summed E-state index contributed by atoms with van der Waals surface area (Å²) in [5.74, 6) is 0. The number of benzene rings is 1. The molecule has 3 nitrogen and oxygen atoms in total. The molecule has 0 atom stereocenters. The van der Waals surface area contributed by atoms with Crippen molar-refractivity contribution in [2.45, 2.75) is 11.1 Å². The van der Waals surface area contributed by atoms with Crippen LogP contribution in [0.1, 0.15) is 5.56 Å². The van der Waals surface area contributed by atoms with Crippen molar-refractivity contribution in [3.8, 4) is 0 Å². The first-order chi connectivity index (χ1) is 7.27. The summed E-state index contributed by atoms with van der Waals surface area (Å²) in [5.41, 5.74) is -1.59. The number of hydrogen-bond acceptors (Lipinski definition) is 3. The zero-order valence-electron chi connectivity index (χ0n) is 7.84. The molecular formula is C8H5BrF3NO2S. The molecule has 0 heterocycles. The Morgan fingerprint density at radius 3 is 2.38 bits per heavy atom. The van der Waals surface area contributed by atoms with Crippen molar-refractivity contribution < 1.29 is 18.1 Å². The van der Waals surface area contributed by atoms with E-state index in [1.807, 2.05) is 0 Å². The van der Waals surface area contributed by atoms with Crippen molar-refractivity contribution in [3.63, 3.8) is 0 Å². The number of nitrogens with zero attached hydrogens (tertiary/aromatic N) is 1. The van der Waals surface area contributed by atoms with E-state index in [1.54, 1.807) is 0 Å². The fourth-order valence-corrected chi connectivity index (χ4v) is 2.68. The molecule has 0 bridgehead atoms. The predicted octanol–water partition coefficient (Wildman–Crippen LogP) is 4.10. The standard InChI is InChI=1S/C8H5BrF3NO2S/c1-16-7-5(8(10,11)12)2-4(13(14)15)3-6(7)9/h2-3H,1H3. The van der Waals surface area contributed by atoms with Gasteiger partial charge in [-0.05, 0) is 22.2 Å². The second-order valence-electron chi connectivity index (χ2n) is 2.76. The molecule has 0 aliphatic carbocycles. The van der Waals surface area contributed by atoms with Crippen molar-refractivity contribution in [2.24, 2.45) is 0 Å². The summed E-state index contributed by atoms with van der Waals surface area (Å²) < 4.78 is 37.9. The van der Waals surface area contributed by atoms with Gasteiger partial charge in [0, 0.05) is 21.5 Å². The van der Waals surface area contributed by atoms with Gasteiger partial charge in [-0.1, -0.05) is 0 Å². The summed E-state index contributed by atoms with van der Waals surface area (Å²) in [4.78, 5) is 9.53. The van der Waals surface area contributed by atoms with Gasteiger partial charge in [0.1, 0.15) is 0 Å². The zero-order valence-corrected chi connectivity index (χ0v) is 10.2. The molecule has 0 saturated carbocycles. The SMILES string of the molecule is CSc1c(Br)cc([N+](=O)[O-])cc1C(F)(F)F. The summed E-state index contributed by atoms with van der Waals surface area (Å²) in [5, 5.41) is 10.4. The van der Waals surface area contributed by atoms with Crippen molar-refractivity contribution in [3.05, 3.63) is 32.3 Å². The Bertz CT molecular complexity index is 436. The molecule has 0 fully saturated rings. The van der Waals surface area contributed by atoms with Gasteiger partial charge in [0.15, 0.2) is 0 Å². The molecule has 0 amide bonds. The Balaban J connectivity index is 3.49. The van der Waals surface area contributed by atoms with Gasteiger partial charge in [0.25, 0.3) is 5.69 Å². The lowest BCUT2D eigenvalue weighted by atomic mass is 10.2. The first-order valence-corrected chi connectivity index (χ1v) is 5.88. The summed E-state index contributed by atoms with van der Waals surface area (Å²) >= 11 is 3.77. The molecule has 16 heavy (non-hydrogen) atoms. The number of nitro benzene ring substituents is 1. The van der Waals surface area contributed by atoms with Crippen molar-refractivity contribution in [1.82, 2.24) is 0 Å². The van der Waals surface area contributed by atoms with Crippen LogP contribution in [0.2, 0.25) is 0 Å². The minimum Gasteiger partial charge on any atom is -0.258 e. The Hall–Kier alpha value is -0.760. The van der Waals surface area contributed by atoms with Crippen LogP contribution in [-0.4, -0.2) is 11.2 Å². The Morgan fingerprint density at radius 2 is 2.00 bits per heavy atom. The van der Waals surface area contributed by atoms with Gasteiger partial charge in [0.05, 0.1) is 10.5 Å². The second-order valence-corrected chi connectivity index (χ2v) is 4.43. The zero-order chi connectivity index (χ0) is 12.5. The number of non-ortho nitro benzene ring substituents is 1. The van der Waals surface area contributed by atoms with Crippen LogP contribution in [0.5, 0.6) is 0 Å². The van der Waals surface area contributed by atoms with Crippen LogP contribution in [0.15, 0.2) is 21.5 Å².